The average Bonchev–Trinajstić information content (AvgIpc) is 2.75. The first-order chi connectivity index (χ1) is 8.91. The van der Waals surface area contributed by atoms with Gasteiger partial charge in [-0.2, -0.15) is 0 Å². The third-order valence-corrected chi connectivity index (χ3v) is 5.43. The summed E-state index contributed by atoms with van der Waals surface area (Å²) in [6.45, 7) is 0.264. The lowest BCUT2D eigenvalue weighted by atomic mass is 10.1. The van der Waals surface area contributed by atoms with E-state index < -0.39 is 21.9 Å². The zero-order chi connectivity index (χ0) is 14.0. The van der Waals surface area contributed by atoms with E-state index in [4.69, 9.17) is 0 Å². The molecule has 1 saturated carbocycles. The molecule has 0 aliphatic heterocycles. The molecule has 0 amide bonds. The molecule has 2 atom stereocenters. The predicted octanol–water partition coefficient (Wildman–Crippen LogP) is 1.61. The number of halogens is 1. The first-order valence-corrected chi connectivity index (χ1v) is 7.75. The SMILES string of the molecule is CN(CC1CCCC1O)S(=O)(=O)c1cccc(F)c1. The molecule has 1 aromatic rings. The molecule has 4 nitrogen and oxygen atoms in total. The second-order valence-electron chi connectivity index (χ2n) is 5.00. The molecule has 0 aromatic heterocycles. The molecule has 6 heteroatoms. The molecule has 0 radical (unpaired) electrons. The van der Waals surface area contributed by atoms with Crippen molar-refractivity contribution in [2.45, 2.75) is 30.3 Å². The van der Waals surface area contributed by atoms with Crippen LogP contribution in [-0.4, -0.2) is 37.5 Å². The molecule has 0 spiro atoms. The summed E-state index contributed by atoms with van der Waals surface area (Å²) in [6, 6.07) is 4.97. The Morgan fingerprint density at radius 2 is 2.16 bits per heavy atom. The molecule has 1 aromatic carbocycles. The maximum absolute atomic E-state index is 13.1. The number of aliphatic hydroxyl groups is 1. The normalized spacial score (nSPS) is 24.0. The second kappa shape index (κ2) is 5.56. The van der Waals surface area contributed by atoms with E-state index in [2.05, 4.69) is 0 Å². The highest BCUT2D eigenvalue weighted by Gasteiger charge is 2.30. The van der Waals surface area contributed by atoms with E-state index in [1.54, 1.807) is 0 Å². The van der Waals surface area contributed by atoms with Crippen LogP contribution >= 0.6 is 0 Å². The van der Waals surface area contributed by atoms with Crippen LogP contribution < -0.4 is 0 Å². The number of hydrogen-bond donors (Lipinski definition) is 1. The number of nitrogens with zero attached hydrogens (tertiary/aromatic N) is 1. The van der Waals surface area contributed by atoms with Crippen LogP contribution in [0.15, 0.2) is 29.2 Å². The van der Waals surface area contributed by atoms with E-state index >= 15 is 0 Å². The Kier molecular flexibility index (Phi) is 4.23. The summed E-state index contributed by atoms with van der Waals surface area (Å²) in [5.41, 5.74) is 0. The van der Waals surface area contributed by atoms with Crippen molar-refractivity contribution in [3.05, 3.63) is 30.1 Å². The van der Waals surface area contributed by atoms with Crippen LogP contribution in [0, 0.1) is 11.7 Å². The van der Waals surface area contributed by atoms with Gasteiger partial charge in [-0.05, 0) is 37.0 Å². The molecule has 0 bridgehead atoms. The quantitative estimate of drug-likeness (QED) is 0.915. The maximum atomic E-state index is 13.1. The molecular formula is C13H18FNO3S. The summed E-state index contributed by atoms with van der Waals surface area (Å²) in [6.07, 6.45) is 2.02. The highest BCUT2D eigenvalue weighted by molar-refractivity contribution is 7.89. The van der Waals surface area contributed by atoms with Gasteiger partial charge in [0.1, 0.15) is 5.82 Å². The third kappa shape index (κ3) is 3.13. The summed E-state index contributed by atoms with van der Waals surface area (Å²) in [5.74, 6) is -0.608. The summed E-state index contributed by atoms with van der Waals surface area (Å²) in [7, 11) is -2.23. The van der Waals surface area contributed by atoms with Gasteiger partial charge in [0.25, 0.3) is 0 Å². The highest BCUT2D eigenvalue weighted by atomic mass is 32.2. The number of sulfonamides is 1. The van der Waals surface area contributed by atoms with E-state index in [-0.39, 0.29) is 17.4 Å². The first-order valence-electron chi connectivity index (χ1n) is 6.31. The molecular weight excluding hydrogens is 269 g/mol. The predicted molar refractivity (Wildman–Crippen MR) is 69.6 cm³/mol. The van der Waals surface area contributed by atoms with Crippen molar-refractivity contribution in [1.29, 1.82) is 0 Å². The van der Waals surface area contributed by atoms with Crippen LogP contribution in [0.25, 0.3) is 0 Å². The van der Waals surface area contributed by atoms with Crippen LogP contribution in [0.2, 0.25) is 0 Å². The van der Waals surface area contributed by atoms with Gasteiger partial charge in [-0.15, -0.1) is 0 Å². The summed E-state index contributed by atoms with van der Waals surface area (Å²) >= 11 is 0. The van der Waals surface area contributed by atoms with Crippen LogP contribution in [0.5, 0.6) is 0 Å². The zero-order valence-corrected chi connectivity index (χ0v) is 11.6. The molecule has 2 unspecified atom stereocenters. The Morgan fingerprint density at radius 3 is 2.74 bits per heavy atom. The monoisotopic (exact) mass is 287 g/mol. The van der Waals surface area contributed by atoms with E-state index in [9.17, 15) is 17.9 Å². The van der Waals surface area contributed by atoms with E-state index in [1.165, 1.54) is 29.6 Å². The van der Waals surface area contributed by atoms with Crippen LogP contribution in [0.3, 0.4) is 0 Å². The van der Waals surface area contributed by atoms with Crippen molar-refractivity contribution in [1.82, 2.24) is 4.31 Å². The topological polar surface area (TPSA) is 57.6 Å². The molecule has 0 saturated heterocycles. The fourth-order valence-electron chi connectivity index (χ4n) is 2.47. The molecule has 1 fully saturated rings. The molecule has 1 N–H and O–H groups in total. The minimum Gasteiger partial charge on any atom is -0.393 e. The number of hydrogen-bond acceptors (Lipinski definition) is 3. The first kappa shape index (κ1) is 14.4. The van der Waals surface area contributed by atoms with Gasteiger partial charge in [-0.25, -0.2) is 17.1 Å². The number of benzene rings is 1. The van der Waals surface area contributed by atoms with Crippen molar-refractivity contribution in [3.8, 4) is 0 Å². The Labute approximate surface area is 112 Å². The van der Waals surface area contributed by atoms with Crippen molar-refractivity contribution in [2.75, 3.05) is 13.6 Å². The van der Waals surface area contributed by atoms with Gasteiger partial charge in [-0.3, -0.25) is 0 Å². The van der Waals surface area contributed by atoms with Crippen molar-refractivity contribution < 1.29 is 17.9 Å². The Balaban J connectivity index is 2.15. The fraction of sp³-hybridized carbons (Fsp3) is 0.538. The van der Waals surface area contributed by atoms with Gasteiger partial charge < -0.3 is 5.11 Å². The number of aliphatic hydroxyl groups excluding tert-OH is 1. The highest BCUT2D eigenvalue weighted by Crippen LogP contribution is 2.27. The van der Waals surface area contributed by atoms with Gasteiger partial charge in [0, 0.05) is 13.6 Å². The zero-order valence-electron chi connectivity index (χ0n) is 10.8. The second-order valence-corrected chi connectivity index (χ2v) is 7.05. The van der Waals surface area contributed by atoms with Crippen LogP contribution in [0.1, 0.15) is 19.3 Å². The molecule has 106 valence electrons. The third-order valence-electron chi connectivity index (χ3n) is 3.61. The summed E-state index contributed by atoms with van der Waals surface area (Å²) in [4.78, 5) is -0.0533. The molecule has 1 aliphatic rings. The van der Waals surface area contributed by atoms with E-state index in [0.717, 1.165) is 25.3 Å². The Morgan fingerprint density at radius 1 is 1.42 bits per heavy atom. The minimum atomic E-state index is -3.69. The van der Waals surface area contributed by atoms with Gasteiger partial charge in [0.2, 0.25) is 10.0 Å². The van der Waals surface area contributed by atoms with Gasteiger partial charge in [0.05, 0.1) is 11.0 Å². The Bertz CT molecular complexity index is 547. The maximum Gasteiger partial charge on any atom is 0.242 e. The van der Waals surface area contributed by atoms with Gasteiger partial charge in [0.15, 0.2) is 0 Å². The lowest BCUT2D eigenvalue weighted by Gasteiger charge is -2.22. The standard InChI is InChI=1S/C13H18FNO3S/c1-15(9-10-4-2-7-13(10)16)19(17,18)12-6-3-5-11(14)8-12/h3,5-6,8,10,13,16H,2,4,7,9H2,1H3. The van der Waals surface area contributed by atoms with Crippen LogP contribution in [0.4, 0.5) is 4.39 Å². The number of rotatable bonds is 4. The summed E-state index contributed by atoms with van der Waals surface area (Å²) in [5, 5.41) is 9.74. The lowest BCUT2D eigenvalue weighted by molar-refractivity contribution is 0.123. The molecule has 0 heterocycles. The van der Waals surface area contributed by atoms with E-state index in [1.807, 2.05) is 0 Å². The molecule has 2 rings (SSSR count). The van der Waals surface area contributed by atoms with Crippen molar-refractivity contribution in [2.24, 2.45) is 5.92 Å². The molecule has 19 heavy (non-hydrogen) atoms. The van der Waals surface area contributed by atoms with Gasteiger partial charge >= 0.3 is 0 Å². The van der Waals surface area contributed by atoms with E-state index in [0.29, 0.717) is 0 Å². The largest absolute Gasteiger partial charge is 0.393 e. The lowest BCUT2D eigenvalue weighted by Crippen LogP contribution is -2.34. The molecule has 1 aliphatic carbocycles. The van der Waals surface area contributed by atoms with Crippen molar-refractivity contribution >= 4 is 10.0 Å². The Hall–Kier alpha value is -0.980. The summed E-state index contributed by atoms with van der Waals surface area (Å²) < 4.78 is 38.8. The van der Waals surface area contributed by atoms with Crippen LogP contribution in [-0.2, 0) is 10.0 Å². The average molecular weight is 287 g/mol. The van der Waals surface area contributed by atoms with Crippen molar-refractivity contribution in [3.63, 3.8) is 0 Å². The minimum absolute atomic E-state index is 0.0339. The van der Waals surface area contributed by atoms with Gasteiger partial charge in [-0.1, -0.05) is 12.5 Å². The smallest absolute Gasteiger partial charge is 0.242 e. The fourth-order valence-corrected chi connectivity index (χ4v) is 3.73.